The highest BCUT2D eigenvalue weighted by molar-refractivity contribution is 9.10. The summed E-state index contributed by atoms with van der Waals surface area (Å²) >= 11 is 5.17. The molecule has 3 rings (SSSR count). The van der Waals surface area contributed by atoms with Gasteiger partial charge in [0, 0.05) is 14.9 Å². The number of hydrogen-bond donors (Lipinski definition) is 1. The fourth-order valence-corrected chi connectivity index (χ4v) is 4.39. The number of aromatic nitrogens is 1. The number of benzene rings is 1. The molecule has 0 aliphatic heterocycles. The van der Waals surface area contributed by atoms with E-state index in [1.165, 1.54) is 29.5 Å². The van der Waals surface area contributed by atoms with E-state index in [1.807, 2.05) is 13.0 Å². The van der Waals surface area contributed by atoms with E-state index < -0.39 is 0 Å². The second-order valence-electron chi connectivity index (χ2n) is 5.29. The molecule has 1 atom stereocenters. The van der Waals surface area contributed by atoms with Crippen molar-refractivity contribution in [3.8, 4) is 0 Å². The Balaban J connectivity index is 2.01. The van der Waals surface area contributed by atoms with Crippen LogP contribution in [0.5, 0.6) is 0 Å². The summed E-state index contributed by atoms with van der Waals surface area (Å²) in [7, 11) is 0. The van der Waals surface area contributed by atoms with Crippen LogP contribution in [-0.2, 0) is 12.8 Å². The lowest BCUT2D eigenvalue weighted by atomic mass is 10.0. The zero-order valence-electron chi connectivity index (χ0n) is 12.0. The van der Waals surface area contributed by atoms with Gasteiger partial charge in [-0.05, 0) is 50.4 Å². The Labute approximate surface area is 136 Å². The molecule has 21 heavy (non-hydrogen) atoms. The highest BCUT2D eigenvalue weighted by Crippen LogP contribution is 2.34. The summed E-state index contributed by atoms with van der Waals surface area (Å²) in [5.41, 5.74) is 1.89. The Bertz CT molecular complexity index is 618. The number of rotatable bonds is 4. The normalized spacial score (nSPS) is 15.8. The van der Waals surface area contributed by atoms with Gasteiger partial charge in [0.1, 0.15) is 10.8 Å². The molecule has 2 nitrogen and oxygen atoms in total. The molecule has 1 aliphatic carbocycles. The predicted molar refractivity (Wildman–Crippen MR) is 88.4 cm³/mol. The average molecular weight is 369 g/mol. The van der Waals surface area contributed by atoms with Crippen molar-refractivity contribution in [1.82, 2.24) is 10.3 Å². The van der Waals surface area contributed by atoms with Crippen molar-refractivity contribution in [1.29, 1.82) is 0 Å². The van der Waals surface area contributed by atoms with Crippen LogP contribution < -0.4 is 5.32 Å². The second kappa shape index (κ2) is 6.55. The minimum atomic E-state index is -0.183. The smallest absolute Gasteiger partial charge is 0.128 e. The Morgan fingerprint density at radius 1 is 1.38 bits per heavy atom. The third-order valence-electron chi connectivity index (χ3n) is 3.79. The lowest BCUT2D eigenvalue weighted by Gasteiger charge is -2.17. The summed E-state index contributed by atoms with van der Waals surface area (Å²) in [5, 5.41) is 4.37. The minimum absolute atomic E-state index is 0.164. The van der Waals surface area contributed by atoms with Crippen LogP contribution in [0.4, 0.5) is 4.39 Å². The quantitative estimate of drug-likeness (QED) is 0.851. The van der Waals surface area contributed by atoms with E-state index >= 15 is 0 Å². The van der Waals surface area contributed by atoms with Gasteiger partial charge < -0.3 is 5.32 Å². The number of nitrogens with one attached hydrogen (secondary N) is 1. The number of nitrogens with zero attached hydrogens (tertiary/aromatic N) is 1. The van der Waals surface area contributed by atoms with Crippen LogP contribution in [0.15, 0.2) is 22.7 Å². The molecule has 1 heterocycles. The summed E-state index contributed by atoms with van der Waals surface area (Å²) in [6.07, 6.45) is 4.64. The summed E-state index contributed by atoms with van der Waals surface area (Å²) < 4.78 is 15.1. The van der Waals surface area contributed by atoms with E-state index in [0.717, 1.165) is 28.9 Å². The highest BCUT2D eigenvalue weighted by atomic mass is 79.9. The van der Waals surface area contributed by atoms with Crippen molar-refractivity contribution >= 4 is 27.3 Å². The lowest BCUT2D eigenvalue weighted by Crippen LogP contribution is -2.23. The molecule has 0 saturated carbocycles. The molecule has 0 saturated heterocycles. The Morgan fingerprint density at radius 2 is 2.19 bits per heavy atom. The van der Waals surface area contributed by atoms with Gasteiger partial charge >= 0.3 is 0 Å². The lowest BCUT2D eigenvalue weighted by molar-refractivity contribution is 0.556. The minimum Gasteiger partial charge on any atom is -0.304 e. The maximum absolute atomic E-state index is 14.2. The number of halogens is 2. The van der Waals surface area contributed by atoms with E-state index in [2.05, 4.69) is 21.2 Å². The molecule has 0 spiro atoms. The third-order valence-corrected chi connectivity index (χ3v) is 5.50. The van der Waals surface area contributed by atoms with Crippen LogP contribution in [0.3, 0.4) is 0 Å². The number of hydrogen-bond acceptors (Lipinski definition) is 3. The molecule has 0 bridgehead atoms. The van der Waals surface area contributed by atoms with Gasteiger partial charge in [0.2, 0.25) is 0 Å². The second-order valence-corrected chi connectivity index (χ2v) is 7.32. The van der Waals surface area contributed by atoms with E-state index in [1.54, 1.807) is 17.4 Å². The van der Waals surface area contributed by atoms with Gasteiger partial charge in [0.15, 0.2) is 0 Å². The molecule has 1 N–H and O–H groups in total. The Hall–Kier alpha value is -0.780. The van der Waals surface area contributed by atoms with Crippen LogP contribution in [-0.4, -0.2) is 11.5 Å². The standard InChI is InChI=1S/C16H18BrFN2S/c1-2-19-15(11-9-10(17)7-8-12(11)18)16-20-13-5-3-4-6-14(13)21-16/h7-9,15,19H,2-6H2,1H3. The molecule has 1 aliphatic rings. The van der Waals surface area contributed by atoms with Crippen molar-refractivity contribution < 1.29 is 4.39 Å². The summed E-state index contributed by atoms with van der Waals surface area (Å²) in [6, 6.07) is 4.93. The van der Waals surface area contributed by atoms with Crippen molar-refractivity contribution in [2.24, 2.45) is 0 Å². The highest BCUT2D eigenvalue weighted by Gasteiger charge is 2.24. The molecule has 112 valence electrons. The third kappa shape index (κ3) is 3.20. The first-order chi connectivity index (χ1) is 10.2. The van der Waals surface area contributed by atoms with Gasteiger partial charge in [0.05, 0.1) is 11.7 Å². The average Bonchev–Trinajstić information content (AvgIpc) is 2.91. The molecular weight excluding hydrogens is 351 g/mol. The van der Waals surface area contributed by atoms with E-state index in [9.17, 15) is 4.39 Å². The van der Waals surface area contributed by atoms with Gasteiger partial charge in [-0.3, -0.25) is 0 Å². The topological polar surface area (TPSA) is 24.9 Å². The molecule has 1 aromatic heterocycles. The summed E-state index contributed by atoms with van der Waals surface area (Å²) in [4.78, 5) is 6.17. The zero-order valence-corrected chi connectivity index (χ0v) is 14.4. The Kier molecular flexibility index (Phi) is 4.72. The number of fused-ring (bicyclic) bond motifs is 1. The fraction of sp³-hybridized carbons (Fsp3) is 0.438. The molecule has 1 unspecified atom stereocenters. The van der Waals surface area contributed by atoms with Crippen LogP contribution >= 0.6 is 27.3 Å². The van der Waals surface area contributed by atoms with Gasteiger partial charge in [-0.25, -0.2) is 9.37 Å². The van der Waals surface area contributed by atoms with E-state index in [4.69, 9.17) is 4.98 Å². The first kappa shape index (κ1) is 15.1. The monoisotopic (exact) mass is 368 g/mol. The predicted octanol–water partition coefficient (Wildman–Crippen LogP) is 4.62. The molecule has 5 heteroatoms. The number of aryl methyl sites for hydroxylation is 2. The molecule has 1 aromatic carbocycles. The van der Waals surface area contributed by atoms with E-state index in [-0.39, 0.29) is 11.9 Å². The van der Waals surface area contributed by atoms with Crippen LogP contribution in [0.1, 0.15) is 46.9 Å². The zero-order chi connectivity index (χ0) is 14.8. The van der Waals surface area contributed by atoms with Crippen LogP contribution in [0, 0.1) is 5.82 Å². The van der Waals surface area contributed by atoms with Gasteiger partial charge in [-0.1, -0.05) is 22.9 Å². The fourth-order valence-electron chi connectivity index (χ4n) is 2.77. The first-order valence-corrected chi connectivity index (χ1v) is 8.96. The maximum atomic E-state index is 14.2. The molecule has 2 aromatic rings. The first-order valence-electron chi connectivity index (χ1n) is 7.36. The summed E-state index contributed by atoms with van der Waals surface area (Å²) in [6.45, 7) is 2.82. The molecule has 0 amide bonds. The molecule has 0 fully saturated rings. The van der Waals surface area contributed by atoms with Crippen molar-refractivity contribution in [2.75, 3.05) is 6.54 Å². The van der Waals surface area contributed by atoms with Crippen molar-refractivity contribution in [3.63, 3.8) is 0 Å². The van der Waals surface area contributed by atoms with Crippen LogP contribution in [0.25, 0.3) is 0 Å². The molecular formula is C16H18BrFN2S. The largest absolute Gasteiger partial charge is 0.304 e. The molecule has 0 radical (unpaired) electrons. The van der Waals surface area contributed by atoms with Gasteiger partial charge in [0.25, 0.3) is 0 Å². The maximum Gasteiger partial charge on any atom is 0.128 e. The SMILES string of the molecule is CCNC(c1nc2c(s1)CCCC2)c1cc(Br)ccc1F. The van der Waals surface area contributed by atoms with Crippen LogP contribution in [0.2, 0.25) is 0 Å². The van der Waals surface area contributed by atoms with Gasteiger partial charge in [-0.15, -0.1) is 11.3 Å². The van der Waals surface area contributed by atoms with Gasteiger partial charge in [-0.2, -0.15) is 0 Å². The van der Waals surface area contributed by atoms with Crippen molar-refractivity contribution in [2.45, 2.75) is 38.6 Å². The number of thiazole rings is 1. The van der Waals surface area contributed by atoms with Crippen molar-refractivity contribution in [3.05, 3.63) is 49.6 Å². The van der Waals surface area contributed by atoms with E-state index in [0.29, 0.717) is 5.56 Å². The Morgan fingerprint density at radius 3 is 2.95 bits per heavy atom. The summed E-state index contributed by atoms with van der Waals surface area (Å²) in [5.74, 6) is -0.183.